The van der Waals surface area contributed by atoms with Crippen LogP contribution in [0.25, 0.3) is 0 Å². The van der Waals surface area contributed by atoms with E-state index in [4.69, 9.17) is 5.11 Å². The van der Waals surface area contributed by atoms with Crippen molar-refractivity contribution in [2.75, 3.05) is 5.32 Å². The molecule has 0 spiro atoms. The highest BCUT2D eigenvalue weighted by Gasteiger charge is 2.07. The smallest absolute Gasteiger partial charge is 0.324 e. The van der Waals surface area contributed by atoms with Gasteiger partial charge in [0.2, 0.25) is 6.29 Å². The minimum Gasteiger partial charge on any atom is -0.508 e. The molecule has 6 heteroatoms. The molecule has 0 bridgehead atoms. The average molecular weight is 208 g/mol. The number of allylic oxidation sites excluding steroid dienone is 1. The van der Waals surface area contributed by atoms with E-state index in [0.29, 0.717) is 5.69 Å². The lowest BCUT2D eigenvalue weighted by Crippen LogP contribution is -2.02. The van der Waals surface area contributed by atoms with Crippen molar-refractivity contribution in [1.29, 1.82) is 0 Å². The number of rotatable bonds is 4. The monoisotopic (exact) mass is 208 g/mol. The average Bonchev–Trinajstić information content (AvgIpc) is 2.18. The molecular weight excluding hydrogens is 200 g/mol. The number of phenols is 1. The largest absolute Gasteiger partial charge is 0.508 e. The molecule has 0 heterocycles. The molecule has 0 amide bonds. The Morgan fingerprint density at radius 2 is 2.27 bits per heavy atom. The third kappa shape index (κ3) is 3.11. The maximum Gasteiger partial charge on any atom is 0.324 e. The second-order valence-electron chi connectivity index (χ2n) is 2.64. The fourth-order valence-electron chi connectivity index (χ4n) is 0.883. The summed E-state index contributed by atoms with van der Waals surface area (Å²) in [6.45, 7) is 0. The highest BCUT2D eigenvalue weighted by molar-refractivity contribution is 5.70. The van der Waals surface area contributed by atoms with E-state index in [2.05, 4.69) is 5.32 Å². The van der Waals surface area contributed by atoms with Gasteiger partial charge in [0.05, 0.1) is 11.1 Å². The summed E-state index contributed by atoms with van der Waals surface area (Å²) in [5.41, 5.74) is -0.130. The summed E-state index contributed by atoms with van der Waals surface area (Å²) in [5.74, 6) is 0.0298. The van der Waals surface area contributed by atoms with E-state index in [-0.39, 0.29) is 12.0 Å². The van der Waals surface area contributed by atoms with Gasteiger partial charge in [0.1, 0.15) is 5.75 Å². The van der Waals surface area contributed by atoms with E-state index < -0.39 is 10.6 Å². The predicted octanol–water partition coefficient (Wildman–Crippen LogP) is 1.12. The van der Waals surface area contributed by atoms with Gasteiger partial charge in [0.15, 0.2) is 0 Å². The van der Waals surface area contributed by atoms with Crippen LogP contribution in [0.2, 0.25) is 0 Å². The first-order valence-corrected chi connectivity index (χ1v) is 3.99. The fourth-order valence-corrected chi connectivity index (χ4v) is 0.883. The van der Waals surface area contributed by atoms with Crippen LogP contribution in [0.5, 0.6) is 5.75 Å². The van der Waals surface area contributed by atoms with Gasteiger partial charge in [-0.1, -0.05) is 6.07 Å². The minimum absolute atomic E-state index is 0.0298. The molecule has 0 aliphatic carbocycles. The lowest BCUT2D eigenvalue weighted by Gasteiger charge is -1.99. The van der Waals surface area contributed by atoms with Crippen molar-refractivity contribution in [1.82, 2.24) is 0 Å². The van der Waals surface area contributed by atoms with Crippen LogP contribution < -0.4 is 5.32 Å². The van der Waals surface area contributed by atoms with Crippen molar-refractivity contribution in [2.24, 2.45) is 0 Å². The fraction of sp³-hybridized carbons (Fsp3) is 0. The Balaban J connectivity index is 2.78. The summed E-state index contributed by atoms with van der Waals surface area (Å²) in [4.78, 5) is 19.7. The Bertz CT molecular complexity index is 414. The maximum absolute atomic E-state index is 10.2. The molecule has 1 rings (SSSR count). The number of anilines is 1. The number of nitrogens with one attached hydrogen (secondary N) is 1. The number of hydrogen-bond acceptors (Lipinski definition) is 5. The third-order valence-corrected chi connectivity index (χ3v) is 1.56. The predicted molar refractivity (Wildman–Crippen MR) is 52.9 cm³/mol. The topological polar surface area (TPSA) is 92.5 Å². The minimum atomic E-state index is -0.803. The Kier molecular flexibility index (Phi) is 3.39. The molecule has 0 radical (unpaired) electrons. The molecule has 1 aromatic carbocycles. The molecule has 0 saturated carbocycles. The number of carbonyl (C=O) groups is 1. The molecule has 0 aliphatic heterocycles. The molecule has 1 aromatic rings. The van der Waals surface area contributed by atoms with Crippen molar-refractivity contribution in [3.05, 3.63) is 46.3 Å². The number of nitro groups is 1. The molecule has 78 valence electrons. The molecule has 6 nitrogen and oxygen atoms in total. The first kappa shape index (κ1) is 10.7. The van der Waals surface area contributed by atoms with Crippen LogP contribution in [0.3, 0.4) is 0 Å². The summed E-state index contributed by atoms with van der Waals surface area (Å²) in [5, 5.41) is 21.8. The number of aldehydes is 1. The summed E-state index contributed by atoms with van der Waals surface area (Å²) in [7, 11) is 0. The number of benzene rings is 1. The van der Waals surface area contributed by atoms with Crippen LogP contribution in [0, 0.1) is 10.1 Å². The van der Waals surface area contributed by atoms with Crippen LogP contribution in [0.15, 0.2) is 36.2 Å². The van der Waals surface area contributed by atoms with Crippen molar-refractivity contribution in [2.45, 2.75) is 0 Å². The van der Waals surface area contributed by atoms with Crippen LogP contribution in [-0.4, -0.2) is 16.3 Å². The summed E-state index contributed by atoms with van der Waals surface area (Å²) in [6.07, 6.45) is 1.09. The van der Waals surface area contributed by atoms with E-state index in [1.165, 1.54) is 12.1 Å². The molecule has 0 saturated heterocycles. The Labute approximate surface area is 85.0 Å². The summed E-state index contributed by atoms with van der Waals surface area (Å²) < 4.78 is 0. The lowest BCUT2D eigenvalue weighted by molar-refractivity contribution is -0.417. The van der Waals surface area contributed by atoms with Crippen molar-refractivity contribution < 1.29 is 14.8 Å². The van der Waals surface area contributed by atoms with Gasteiger partial charge in [-0.2, -0.15) is 0 Å². The van der Waals surface area contributed by atoms with E-state index in [1.54, 1.807) is 12.1 Å². The molecule has 2 N–H and O–H groups in total. The Hall–Kier alpha value is -2.37. The molecular formula is C9H8N2O4. The number of aromatic hydroxyl groups is 1. The van der Waals surface area contributed by atoms with Gasteiger partial charge in [-0.15, -0.1) is 0 Å². The van der Waals surface area contributed by atoms with Gasteiger partial charge in [-0.25, -0.2) is 0 Å². The SMILES string of the molecule is O=C/C(=C\Nc1cccc(O)c1)[N+](=O)[O-]. The second kappa shape index (κ2) is 4.75. The van der Waals surface area contributed by atoms with Gasteiger partial charge in [-0.05, 0) is 12.1 Å². The summed E-state index contributed by atoms with van der Waals surface area (Å²) >= 11 is 0. The van der Waals surface area contributed by atoms with Crippen molar-refractivity contribution in [3.8, 4) is 5.75 Å². The highest BCUT2D eigenvalue weighted by atomic mass is 16.6. The van der Waals surface area contributed by atoms with Crippen LogP contribution in [-0.2, 0) is 4.79 Å². The quantitative estimate of drug-likeness (QED) is 0.335. The number of phenolic OH excluding ortho intramolecular Hbond substituents is 1. The second-order valence-corrected chi connectivity index (χ2v) is 2.64. The number of nitrogens with zero attached hydrogens (tertiary/aromatic N) is 1. The maximum atomic E-state index is 10.2. The standard InChI is InChI=1S/C9H8N2O4/c12-6-8(11(14)15)5-10-7-2-1-3-9(13)4-7/h1-6,10,13H/b8-5+. The zero-order chi connectivity index (χ0) is 11.3. The molecule has 0 aromatic heterocycles. The van der Waals surface area contributed by atoms with E-state index in [9.17, 15) is 14.9 Å². The van der Waals surface area contributed by atoms with Crippen LogP contribution >= 0.6 is 0 Å². The molecule has 0 aliphatic rings. The van der Waals surface area contributed by atoms with E-state index >= 15 is 0 Å². The molecule has 15 heavy (non-hydrogen) atoms. The van der Waals surface area contributed by atoms with Gasteiger partial charge >= 0.3 is 5.70 Å². The number of carbonyl (C=O) groups excluding carboxylic acids is 1. The number of hydrogen-bond donors (Lipinski definition) is 2. The van der Waals surface area contributed by atoms with Gasteiger partial charge in [0, 0.05) is 11.8 Å². The van der Waals surface area contributed by atoms with E-state index in [0.717, 1.165) is 6.20 Å². The van der Waals surface area contributed by atoms with Crippen LogP contribution in [0.4, 0.5) is 5.69 Å². The highest BCUT2D eigenvalue weighted by Crippen LogP contribution is 2.15. The lowest BCUT2D eigenvalue weighted by atomic mass is 10.3. The van der Waals surface area contributed by atoms with Gasteiger partial charge < -0.3 is 10.4 Å². The van der Waals surface area contributed by atoms with Crippen molar-refractivity contribution >= 4 is 12.0 Å². The molecule has 0 fully saturated rings. The summed E-state index contributed by atoms with van der Waals surface area (Å²) in [6, 6.07) is 6.00. The van der Waals surface area contributed by atoms with Crippen molar-refractivity contribution in [3.63, 3.8) is 0 Å². The first-order chi connectivity index (χ1) is 7.13. The zero-order valence-electron chi connectivity index (χ0n) is 7.58. The first-order valence-electron chi connectivity index (χ1n) is 3.99. The Morgan fingerprint density at radius 1 is 1.53 bits per heavy atom. The molecule has 0 unspecified atom stereocenters. The molecule has 0 atom stereocenters. The van der Waals surface area contributed by atoms with Gasteiger partial charge in [-0.3, -0.25) is 14.9 Å². The van der Waals surface area contributed by atoms with Gasteiger partial charge in [0.25, 0.3) is 0 Å². The van der Waals surface area contributed by atoms with Crippen LogP contribution in [0.1, 0.15) is 0 Å². The normalized spacial score (nSPS) is 10.8. The Morgan fingerprint density at radius 3 is 2.80 bits per heavy atom. The zero-order valence-corrected chi connectivity index (χ0v) is 7.58. The van der Waals surface area contributed by atoms with E-state index in [1.807, 2.05) is 0 Å². The third-order valence-electron chi connectivity index (χ3n) is 1.56.